The summed E-state index contributed by atoms with van der Waals surface area (Å²) in [6.45, 7) is 0. The fraction of sp³-hybridized carbons (Fsp3) is 0. The average Bonchev–Trinajstić information content (AvgIpc) is 3.42. The Labute approximate surface area is 153 Å². The zero-order valence-corrected chi connectivity index (χ0v) is 14.2. The van der Waals surface area contributed by atoms with E-state index >= 15 is 0 Å². The van der Waals surface area contributed by atoms with Crippen molar-refractivity contribution in [2.24, 2.45) is 0 Å². The van der Waals surface area contributed by atoms with Crippen LogP contribution in [0, 0.1) is 0 Å². The SMILES string of the molecule is c1cc2cc(-c3cnn4cc(-c5ccc6[nH]ccc6n5)cc4c3)cn2cn1. The van der Waals surface area contributed by atoms with Crippen LogP contribution in [0.2, 0.25) is 0 Å². The topological polar surface area (TPSA) is 63.3 Å². The van der Waals surface area contributed by atoms with E-state index in [9.17, 15) is 0 Å². The number of aromatic amines is 1. The maximum absolute atomic E-state index is 4.73. The van der Waals surface area contributed by atoms with Crippen LogP contribution in [0.5, 0.6) is 0 Å². The second-order valence-corrected chi connectivity index (χ2v) is 6.59. The Balaban J connectivity index is 1.46. The van der Waals surface area contributed by atoms with Crippen molar-refractivity contribution in [2.45, 2.75) is 0 Å². The van der Waals surface area contributed by atoms with Crippen LogP contribution in [-0.4, -0.2) is 29.0 Å². The summed E-state index contributed by atoms with van der Waals surface area (Å²) in [5.74, 6) is 0. The van der Waals surface area contributed by atoms with Crippen molar-refractivity contribution < 1.29 is 0 Å². The molecule has 6 heteroatoms. The summed E-state index contributed by atoms with van der Waals surface area (Å²) < 4.78 is 3.90. The minimum absolute atomic E-state index is 0.940. The molecule has 128 valence electrons. The third kappa shape index (κ3) is 2.23. The number of aromatic nitrogens is 6. The standard InChI is InChI=1S/C21H14N6/c1-2-20-21(4-6-23-20)25-19(1)16-9-18-7-14(10-24-27(18)12-16)15-8-17-3-5-22-13-26(17)11-15/h1-13,23H. The lowest BCUT2D eigenvalue weighted by Crippen LogP contribution is -1.89. The van der Waals surface area contributed by atoms with Gasteiger partial charge in [-0.3, -0.25) is 0 Å². The molecule has 0 fully saturated rings. The molecule has 0 saturated carbocycles. The van der Waals surface area contributed by atoms with Gasteiger partial charge in [0.2, 0.25) is 0 Å². The first-order valence-electron chi connectivity index (χ1n) is 8.69. The van der Waals surface area contributed by atoms with Gasteiger partial charge in [0.1, 0.15) is 0 Å². The molecule has 1 N–H and O–H groups in total. The van der Waals surface area contributed by atoms with Crippen molar-refractivity contribution in [2.75, 3.05) is 0 Å². The van der Waals surface area contributed by atoms with Gasteiger partial charge in [0.15, 0.2) is 0 Å². The maximum Gasteiger partial charge on any atom is 0.0990 e. The van der Waals surface area contributed by atoms with Gasteiger partial charge in [-0.1, -0.05) is 0 Å². The molecular formula is C21H14N6. The second kappa shape index (κ2) is 5.28. The number of hydrogen-bond acceptors (Lipinski definition) is 3. The van der Waals surface area contributed by atoms with E-state index < -0.39 is 0 Å². The van der Waals surface area contributed by atoms with E-state index in [2.05, 4.69) is 45.5 Å². The largest absolute Gasteiger partial charge is 0.360 e. The highest BCUT2D eigenvalue weighted by molar-refractivity contribution is 5.80. The molecule has 6 heterocycles. The molecule has 0 aliphatic rings. The van der Waals surface area contributed by atoms with E-state index in [0.717, 1.165) is 44.5 Å². The first-order chi connectivity index (χ1) is 13.3. The quantitative estimate of drug-likeness (QED) is 0.509. The summed E-state index contributed by atoms with van der Waals surface area (Å²) in [6.07, 6.45) is 11.5. The van der Waals surface area contributed by atoms with Crippen molar-refractivity contribution in [1.82, 2.24) is 29.0 Å². The molecule has 6 aromatic rings. The van der Waals surface area contributed by atoms with E-state index in [1.807, 2.05) is 52.0 Å². The smallest absolute Gasteiger partial charge is 0.0990 e. The summed E-state index contributed by atoms with van der Waals surface area (Å²) in [7, 11) is 0. The number of H-pyrrole nitrogens is 1. The molecule has 0 bridgehead atoms. The van der Waals surface area contributed by atoms with Crippen molar-refractivity contribution in [3.05, 3.63) is 79.8 Å². The van der Waals surface area contributed by atoms with E-state index in [1.165, 1.54) is 0 Å². The summed E-state index contributed by atoms with van der Waals surface area (Å²) in [5, 5.41) is 4.58. The summed E-state index contributed by atoms with van der Waals surface area (Å²) in [5.41, 5.74) is 8.33. The highest BCUT2D eigenvalue weighted by Gasteiger charge is 2.09. The van der Waals surface area contributed by atoms with Gasteiger partial charge in [-0.2, -0.15) is 5.10 Å². The molecule has 0 radical (unpaired) electrons. The fourth-order valence-electron chi connectivity index (χ4n) is 3.51. The van der Waals surface area contributed by atoms with Gasteiger partial charge in [0.25, 0.3) is 0 Å². The third-order valence-corrected chi connectivity index (χ3v) is 4.89. The van der Waals surface area contributed by atoms with Gasteiger partial charge < -0.3 is 9.38 Å². The normalized spacial score (nSPS) is 11.7. The first-order valence-corrected chi connectivity index (χ1v) is 8.69. The Morgan fingerprint density at radius 3 is 2.74 bits per heavy atom. The van der Waals surface area contributed by atoms with Crippen LogP contribution >= 0.6 is 0 Å². The Bertz CT molecular complexity index is 1400. The van der Waals surface area contributed by atoms with Gasteiger partial charge in [0.05, 0.1) is 34.8 Å². The zero-order chi connectivity index (χ0) is 17.8. The third-order valence-electron chi connectivity index (χ3n) is 4.89. The Morgan fingerprint density at radius 1 is 0.852 bits per heavy atom. The van der Waals surface area contributed by atoms with E-state index in [-0.39, 0.29) is 0 Å². The lowest BCUT2D eigenvalue weighted by molar-refractivity contribution is 0.943. The minimum atomic E-state index is 0.940. The predicted octanol–water partition coefficient (Wildman–Crippen LogP) is 4.19. The van der Waals surface area contributed by atoms with Crippen LogP contribution in [0.3, 0.4) is 0 Å². The van der Waals surface area contributed by atoms with Crippen molar-refractivity contribution in [3.8, 4) is 22.4 Å². The highest BCUT2D eigenvalue weighted by atomic mass is 15.2. The van der Waals surface area contributed by atoms with E-state index in [4.69, 9.17) is 4.98 Å². The zero-order valence-electron chi connectivity index (χ0n) is 14.2. The molecule has 6 rings (SSSR count). The Hall–Kier alpha value is -3.93. The van der Waals surface area contributed by atoms with Gasteiger partial charge in [-0.05, 0) is 42.5 Å². The molecule has 6 aromatic heterocycles. The molecule has 0 atom stereocenters. The van der Waals surface area contributed by atoms with Crippen molar-refractivity contribution in [1.29, 1.82) is 0 Å². The van der Waals surface area contributed by atoms with Gasteiger partial charge in [-0.25, -0.2) is 14.5 Å². The number of nitrogens with zero attached hydrogens (tertiary/aromatic N) is 5. The molecular weight excluding hydrogens is 336 g/mol. The molecule has 0 aliphatic carbocycles. The maximum atomic E-state index is 4.73. The molecule has 27 heavy (non-hydrogen) atoms. The van der Waals surface area contributed by atoms with E-state index in [1.54, 1.807) is 6.20 Å². The number of hydrogen-bond donors (Lipinski definition) is 1. The Kier molecular flexibility index (Phi) is 2.79. The summed E-state index contributed by atoms with van der Waals surface area (Å²) >= 11 is 0. The van der Waals surface area contributed by atoms with Crippen LogP contribution in [0.4, 0.5) is 0 Å². The predicted molar refractivity (Wildman–Crippen MR) is 104 cm³/mol. The number of rotatable bonds is 2. The number of pyridine rings is 1. The lowest BCUT2D eigenvalue weighted by Gasteiger charge is -1.98. The van der Waals surface area contributed by atoms with Crippen LogP contribution in [0.1, 0.15) is 0 Å². The van der Waals surface area contributed by atoms with Crippen molar-refractivity contribution in [3.63, 3.8) is 0 Å². The summed E-state index contributed by atoms with van der Waals surface area (Å²) in [4.78, 5) is 12.1. The molecule has 0 unspecified atom stereocenters. The second-order valence-electron chi connectivity index (χ2n) is 6.59. The molecule has 0 aromatic carbocycles. The molecule has 0 aliphatic heterocycles. The first kappa shape index (κ1) is 14.3. The minimum Gasteiger partial charge on any atom is -0.360 e. The highest BCUT2D eigenvalue weighted by Crippen LogP contribution is 2.27. The molecule has 0 amide bonds. The van der Waals surface area contributed by atoms with Gasteiger partial charge in [0, 0.05) is 47.0 Å². The van der Waals surface area contributed by atoms with Crippen molar-refractivity contribution >= 4 is 22.1 Å². The molecule has 0 saturated heterocycles. The monoisotopic (exact) mass is 350 g/mol. The average molecular weight is 350 g/mol. The van der Waals surface area contributed by atoms with E-state index in [0.29, 0.717) is 0 Å². The Morgan fingerprint density at radius 2 is 1.78 bits per heavy atom. The lowest BCUT2D eigenvalue weighted by atomic mass is 10.1. The van der Waals surface area contributed by atoms with Crippen LogP contribution in [-0.2, 0) is 0 Å². The molecule has 0 spiro atoms. The number of nitrogens with one attached hydrogen (secondary N) is 1. The van der Waals surface area contributed by atoms with Gasteiger partial charge >= 0.3 is 0 Å². The van der Waals surface area contributed by atoms with Crippen LogP contribution < -0.4 is 0 Å². The van der Waals surface area contributed by atoms with Crippen LogP contribution in [0.25, 0.3) is 44.5 Å². The fourth-order valence-corrected chi connectivity index (χ4v) is 3.51. The number of fused-ring (bicyclic) bond motifs is 3. The van der Waals surface area contributed by atoms with Crippen LogP contribution in [0.15, 0.2) is 79.8 Å². The molecule has 6 nitrogen and oxygen atoms in total. The van der Waals surface area contributed by atoms with Gasteiger partial charge in [-0.15, -0.1) is 0 Å². The summed E-state index contributed by atoms with van der Waals surface area (Å²) in [6, 6.07) is 14.5.